The van der Waals surface area contributed by atoms with E-state index in [1.54, 1.807) is 68.6 Å². The Morgan fingerprint density at radius 3 is 0.775 bits per heavy atom. The molecule has 2 atom stereocenters. The first-order chi connectivity index (χ1) is 69.9. The van der Waals surface area contributed by atoms with Gasteiger partial charge in [-0.05, 0) is 159 Å². The summed E-state index contributed by atoms with van der Waals surface area (Å²) in [7, 11) is 0. The van der Waals surface area contributed by atoms with Gasteiger partial charge in [0.25, 0.3) is 11.8 Å². The lowest BCUT2D eigenvalue weighted by atomic mass is 9.68. The van der Waals surface area contributed by atoms with Crippen LogP contribution in [0.2, 0.25) is 0 Å². The highest BCUT2D eigenvalue weighted by Crippen LogP contribution is 2.68. The van der Waals surface area contributed by atoms with Crippen LogP contribution in [0.1, 0.15) is 637 Å². The molecule has 6 aromatic heterocycles. The van der Waals surface area contributed by atoms with Crippen molar-refractivity contribution >= 4 is 110 Å². The monoisotopic (exact) mass is 2050 g/mol. The summed E-state index contributed by atoms with van der Waals surface area (Å²) in [5.74, 6) is 0.899. The van der Waals surface area contributed by atoms with Crippen LogP contribution in [0.4, 0.5) is 0 Å². The largest absolute Gasteiger partial charge is 0.306 e. The van der Waals surface area contributed by atoms with Crippen LogP contribution in [0.3, 0.4) is 0 Å². The summed E-state index contributed by atoms with van der Waals surface area (Å²) in [6.45, 7) is 24.7. The van der Waals surface area contributed by atoms with Crippen LogP contribution < -0.4 is 0 Å². The molecular formula is C132H212N2O2S6. The van der Waals surface area contributed by atoms with Crippen molar-refractivity contribution in [1.29, 1.82) is 0 Å². The van der Waals surface area contributed by atoms with Crippen LogP contribution in [-0.2, 0) is 20.4 Å². The molecule has 798 valence electrons. The Labute approximate surface area is 898 Å². The van der Waals surface area contributed by atoms with E-state index in [-0.39, 0.29) is 22.6 Å². The van der Waals surface area contributed by atoms with E-state index in [9.17, 15) is 0 Å². The van der Waals surface area contributed by atoms with E-state index < -0.39 is 0 Å². The molecule has 10 heteroatoms. The summed E-state index contributed by atoms with van der Waals surface area (Å²) >= 11 is 12.3. The number of hydrogen-bond acceptors (Lipinski definition) is 8. The summed E-state index contributed by atoms with van der Waals surface area (Å²) in [5.41, 5.74) is 13.3. The number of rotatable bonds is 91. The van der Waals surface area contributed by atoms with Crippen molar-refractivity contribution in [3.8, 4) is 30.6 Å². The average Bonchev–Trinajstić information content (AvgIpc) is 1.50. The van der Waals surface area contributed by atoms with Gasteiger partial charge in [-0.2, -0.15) is 0 Å². The molecular weight excluding hydrogens is 1840 g/mol. The second-order valence-electron chi connectivity index (χ2n) is 46.4. The zero-order valence-corrected chi connectivity index (χ0v) is 98.6. The lowest BCUT2D eigenvalue weighted by Gasteiger charge is -2.35. The molecule has 2 amide bonds. The first-order valence-electron chi connectivity index (χ1n) is 62.5. The molecule has 11 rings (SSSR count). The van der Waals surface area contributed by atoms with Gasteiger partial charge in [-0.15, -0.1) is 68.0 Å². The van der Waals surface area contributed by atoms with Crippen LogP contribution in [0.5, 0.6) is 0 Å². The van der Waals surface area contributed by atoms with Crippen LogP contribution in [0.15, 0.2) is 59.7 Å². The van der Waals surface area contributed by atoms with Gasteiger partial charge in [0, 0.05) is 62.6 Å². The fraction of sp³-hybridized carbons (Fsp3) is 0.758. The van der Waals surface area contributed by atoms with E-state index in [1.165, 1.54) is 538 Å². The Bertz CT molecular complexity index is 4580. The number of amides is 2. The predicted molar refractivity (Wildman–Crippen MR) is 640 cm³/mol. The summed E-state index contributed by atoms with van der Waals surface area (Å²) in [5, 5.41) is 0. The van der Waals surface area contributed by atoms with Crippen LogP contribution >= 0.6 is 68.0 Å². The number of fused-ring (bicyclic) bond motifs is 11. The highest BCUT2D eigenvalue weighted by molar-refractivity contribution is 7.33. The lowest BCUT2D eigenvalue weighted by molar-refractivity contribution is -0.124. The molecule has 0 bridgehead atoms. The Morgan fingerprint density at radius 1 is 0.239 bits per heavy atom. The fourth-order valence-electron chi connectivity index (χ4n) is 25.8. The Balaban J connectivity index is 0.996. The molecule has 4 aliphatic rings. The molecule has 0 spiro atoms. The number of carbonyl (C=O) groups excluding carboxylic acids is 2. The maximum Gasteiger partial charge on any atom is 0.261 e. The summed E-state index contributed by atoms with van der Waals surface area (Å²) < 4.78 is 6.24. The van der Waals surface area contributed by atoms with E-state index in [2.05, 4.69) is 173 Å². The van der Waals surface area contributed by atoms with Crippen molar-refractivity contribution in [3.63, 3.8) is 0 Å². The number of hydrogen-bond donors (Lipinski definition) is 0. The fourth-order valence-corrected chi connectivity index (χ4v) is 33.5. The van der Waals surface area contributed by atoms with Gasteiger partial charge in [0.2, 0.25) is 0 Å². The highest BCUT2D eigenvalue weighted by atomic mass is 32.1. The Hall–Kier alpha value is -3.64. The number of nitrogens with zero attached hydrogens (tertiary/aromatic N) is 2. The summed E-state index contributed by atoms with van der Waals surface area (Å²) in [6.07, 6.45) is 113. The first-order valence-corrected chi connectivity index (χ1v) is 67.4. The maximum atomic E-state index is 16.7. The van der Waals surface area contributed by atoms with Gasteiger partial charge < -0.3 is 9.80 Å². The molecule has 0 saturated heterocycles. The van der Waals surface area contributed by atoms with Crippen molar-refractivity contribution in [2.45, 2.75) is 619 Å². The number of carbonyl (C=O) groups is 2. The van der Waals surface area contributed by atoms with E-state index in [0.717, 1.165) is 46.8 Å². The van der Waals surface area contributed by atoms with Crippen LogP contribution in [0.25, 0.3) is 60.8 Å². The zero-order chi connectivity index (χ0) is 99.9. The topological polar surface area (TPSA) is 40.6 Å². The van der Waals surface area contributed by atoms with Gasteiger partial charge in [-0.25, -0.2) is 0 Å². The van der Waals surface area contributed by atoms with Gasteiger partial charge in [0.1, 0.15) is 0 Å². The van der Waals surface area contributed by atoms with E-state index >= 15 is 9.59 Å². The summed E-state index contributed by atoms with van der Waals surface area (Å²) in [4.78, 5) is 48.5. The molecule has 4 nitrogen and oxygen atoms in total. The molecule has 7 aromatic rings. The molecule has 2 aliphatic heterocycles. The van der Waals surface area contributed by atoms with Crippen molar-refractivity contribution in [2.24, 2.45) is 11.8 Å². The first kappa shape index (κ1) is 119. The van der Waals surface area contributed by atoms with Crippen LogP contribution in [0, 0.1) is 25.7 Å². The van der Waals surface area contributed by atoms with Gasteiger partial charge in [-0.3, -0.25) is 9.59 Å². The molecule has 2 unspecified atom stereocenters. The van der Waals surface area contributed by atoms with Gasteiger partial charge >= 0.3 is 0 Å². The zero-order valence-electron chi connectivity index (χ0n) is 93.7. The predicted octanol–water partition coefficient (Wildman–Crippen LogP) is 47.1. The second-order valence-corrected chi connectivity index (χ2v) is 53.1. The number of aryl methyl sites for hydroxylation is 2. The van der Waals surface area contributed by atoms with E-state index in [4.69, 9.17) is 0 Å². The molecule has 0 N–H and O–H groups in total. The molecule has 2 aliphatic carbocycles. The molecule has 8 heterocycles. The van der Waals surface area contributed by atoms with Crippen molar-refractivity contribution < 1.29 is 9.59 Å². The maximum absolute atomic E-state index is 16.7. The Morgan fingerprint density at radius 2 is 0.486 bits per heavy atom. The minimum absolute atomic E-state index is 0.00215. The van der Waals surface area contributed by atoms with Gasteiger partial charge in [0.05, 0.1) is 41.7 Å². The number of unbranched alkanes of at least 4 members (excludes halogenated alkanes) is 68. The third-order valence-electron chi connectivity index (χ3n) is 34.3. The third kappa shape index (κ3) is 36.3. The lowest BCUT2D eigenvalue weighted by Crippen LogP contribution is -2.34. The van der Waals surface area contributed by atoms with Crippen molar-refractivity contribution in [2.75, 3.05) is 13.1 Å². The Kier molecular flexibility index (Phi) is 57.7. The van der Waals surface area contributed by atoms with Crippen molar-refractivity contribution in [3.05, 3.63) is 101 Å². The second kappa shape index (κ2) is 69.0. The SMILES string of the molecule is CCCCCCCCCCCCCCCCC1(CCCCCCCCCCCCCCCC)c2cc3c(cc2-c2sc4cc(C)sc4c21)C(CCCCCCCCCCCCCCCC)(CCCCCCCCCCCCCCCC)c1c-3sc2cc(-c3ccc(C4=C5C(=O)N(CC(CCCCCC)CCCCCCCC)C(c6ccc(C)s6)=C5C(=O)N4CC(CCCCCC)CCCCCCCC)s3)sc12. The van der Waals surface area contributed by atoms with E-state index in [0.29, 0.717) is 36.1 Å². The third-order valence-corrected chi connectivity index (χ3v) is 41.4. The normalized spacial score (nSPS) is 14.7. The molecule has 142 heavy (non-hydrogen) atoms. The molecule has 0 saturated carbocycles. The number of benzene rings is 1. The van der Waals surface area contributed by atoms with Crippen molar-refractivity contribution in [1.82, 2.24) is 9.80 Å². The average molecular weight is 2050 g/mol. The van der Waals surface area contributed by atoms with Gasteiger partial charge in [0.15, 0.2) is 0 Å². The number of thiophene rings is 6. The highest BCUT2D eigenvalue weighted by Gasteiger charge is 2.53. The van der Waals surface area contributed by atoms with E-state index in [1.807, 2.05) is 11.3 Å². The van der Waals surface area contributed by atoms with Crippen LogP contribution in [-0.4, -0.2) is 34.7 Å². The summed E-state index contributed by atoms with van der Waals surface area (Å²) in [6, 6.07) is 20.5. The van der Waals surface area contributed by atoms with Gasteiger partial charge in [-0.1, -0.05) is 543 Å². The smallest absolute Gasteiger partial charge is 0.261 e. The standard InChI is InChI=1S/C132H212N2O2S6/c1-11-19-27-35-41-45-49-53-57-61-65-69-75-83-95-131(96-84-76-70-66-62-58-54-50-46-42-36-28-20-12-2)111-101-110-112(100-109(111)125-121(131)127-117(141-125)99-106(10)138-127)132(97-85-77-71-67-63-59-55-51-47-43-37-29-21-13-3,98-86-78-72-68-64-60-56-52-48-44-38-30-22-14-4)122-126(110)142-118-102-116(140-128(118)122)113-93-94-115(139-113)124-120-119(129(135)134(124)104-108(88-80-34-26-18-8)90-82-74-40-32-24-16-6)123(114-92-91-105(9)137-114)133(130(120)136)103-107(87-79-33-25-17-7)89-81-73-39-31-23-15-5/h91-94,99-102,107-108H,11-90,95-98,103-104H2,1-10H3. The molecule has 0 radical (unpaired) electrons. The minimum Gasteiger partial charge on any atom is -0.306 e. The molecule has 0 fully saturated rings. The minimum atomic E-state index is -0.0892. The molecule has 1 aromatic carbocycles. The quantitative estimate of drug-likeness (QED) is 0.0357.